The molecule has 0 bridgehead atoms. The fourth-order valence-electron chi connectivity index (χ4n) is 1.31. The van der Waals surface area contributed by atoms with Crippen LogP contribution in [0.4, 0.5) is 4.39 Å². The number of benzene rings is 1. The predicted molar refractivity (Wildman–Crippen MR) is 68.4 cm³/mol. The molecule has 18 heavy (non-hydrogen) atoms. The van der Waals surface area contributed by atoms with Gasteiger partial charge in [0.25, 0.3) is 0 Å². The number of carbonyl (C=O) groups excluding carboxylic acids is 1. The summed E-state index contributed by atoms with van der Waals surface area (Å²) < 4.78 is 19.0. The molecule has 2 rings (SSSR count). The van der Waals surface area contributed by atoms with Gasteiger partial charge in [-0.3, -0.25) is 4.79 Å². The van der Waals surface area contributed by atoms with Gasteiger partial charge in [-0.15, -0.1) is 0 Å². The molecule has 3 nitrogen and oxygen atoms in total. The van der Waals surface area contributed by atoms with Gasteiger partial charge in [-0.05, 0) is 41.1 Å². The van der Waals surface area contributed by atoms with Crippen LogP contribution in [0.1, 0.15) is 17.3 Å². The highest BCUT2D eigenvalue weighted by Crippen LogP contribution is 2.24. The van der Waals surface area contributed by atoms with Crippen LogP contribution in [0.3, 0.4) is 0 Å². The van der Waals surface area contributed by atoms with E-state index in [2.05, 4.69) is 20.9 Å². The second-order valence-corrected chi connectivity index (χ2v) is 4.47. The van der Waals surface area contributed by atoms with Gasteiger partial charge < -0.3 is 4.74 Å². The van der Waals surface area contributed by atoms with Gasteiger partial charge in [0, 0.05) is 23.9 Å². The maximum atomic E-state index is 13.3. The summed E-state index contributed by atoms with van der Waals surface area (Å²) in [6.45, 7) is 1.46. The molecular formula is C13H9BrFNO2. The molecule has 1 aromatic heterocycles. The van der Waals surface area contributed by atoms with E-state index < -0.39 is 5.82 Å². The van der Waals surface area contributed by atoms with Crippen molar-refractivity contribution in [1.82, 2.24) is 4.98 Å². The minimum atomic E-state index is -0.409. The maximum absolute atomic E-state index is 13.3. The van der Waals surface area contributed by atoms with Gasteiger partial charge in [0.1, 0.15) is 11.6 Å². The Kier molecular flexibility index (Phi) is 3.72. The fraction of sp³-hybridized carbons (Fsp3) is 0.0769. The highest BCUT2D eigenvalue weighted by Gasteiger charge is 2.05. The molecule has 0 spiro atoms. The van der Waals surface area contributed by atoms with Crippen LogP contribution in [-0.2, 0) is 0 Å². The number of nitrogens with zero attached hydrogens (tertiary/aromatic N) is 1. The Labute approximate surface area is 112 Å². The third-order valence-electron chi connectivity index (χ3n) is 2.26. The molecule has 0 amide bonds. The minimum absolute atomic E-state index is 0.0660. The van der Waals surface area contributed by atoms with Crippen LogP contribution in [0.15, 0.2) is 41.0 Å². The molecule has 92 valence electrons. The van der Waals surface area contributed by atoms with Gasteiger partial charge in [-0.1, -0.05) is 0 Å². The molecule has 0 aliphatic rings. The number of pyridine rings is 1. The van der Waals surface area contributed by atoms with Gasteiger partial charge in [0.2, 0.25) is 5.88 Å². The van der Waals surface area contributed by atoms with E-state index in [9.17, 15) is 9.18 Å². The van der Waals surface area contributed by atoms with Crippen molar-refractivity contribution in [2.24, 2.45) is 0 Å². The molecule has 0 saturated heterocycles. The lowest BCUT2D eigenvalue weighted by Gasteiger charge is -2.05. The molecule has 0 aliphatic carbocycles. The first kappa shape index (κ1) is 12.7. The Bertz CT molecular complexity index is 584. The van der Waals surface area contributed by atoms with Gasteiger partial charge in [0.15, 0.2) is 5.78 Å². The Morgan fingerprint density at radius 3 is 2.67 bits per heavy atom. The number of aromatic nitrogens is 1. The maximum Gasteiger partial charge on any atom is 0.219 e. The average Bonchev–Trinajstić information content (AvgIpc) is 2.34. The lowest BCUT2D eigenvalue weighted by molar-refractivity contribution is 0.101. The van der Waals surface area contributed by atoms with Gasteiger partial charge in [0.05, 0.1) is 4.47 Å². The first-order valence-corrected chi connectivity index (χ1v) is 5.95. The van der Waals surface area contributed by atoms with Crippen molar-refractivity contribution in [2.45, 2.75) is 6.92 Å². The highest BCUT2D eigenvalue weighted by atomic mass is 79.9. The number of rotatable bonds is 3. The van der Waals surface area contributed by atoms with Crippen LogP contribution in [0.2, 0.25) is 0 Å². The van der Waals surface area contributed by atoms with E-state index in [4.69, 9.17) is 4.74 Å². The largest absolute Gasteiger partial charge is 0.439 e. The molecule has 0 atom stereocenters. The van der Waals surface area contributed by atoms with E-state index >= 15 is 0 Å². The first-order chi connectivity index (χ1) is 8.56. The third kappa shape index (κ3) is 2.92. The van der Waals surface area contributed by atoms with Crippen molar-refractivity contribution in [1.29, 1.82) is 0 Å². The zero-order valence-corrected chi connectivity index (χ0v) is 11.1. The van der Waals surface area contributed by atoms with E-state index in [0.717, 1.165) is 0 Å². The topological polar surface area (TPSA) is 39.2 Å². The second-order valence-electron chi connectivity index (χ2n) is 3.62. The van der Waals surface area contributed by atoms with Crippen molar-refractivity contribution in [3.63, 3.8) is 0 Å². The number of hydrogen-bond donors (Lipinski definition) is 0. The standard InChI is InChI=1S/C13H9BrFNO2/c1-8(17)9-2-5-13(16-7-9)18-10-3-4-11(14)12(15)6-10/h2-7H,1H3. The number of halogens is 2. The quantitative estimate of drug-likeness (QED) is 0.805. The Morgan fingerprint density at radius 2 is 2.11 bits per heavy atom. The third-order valence-corrected chi connectivity index (χ3v) is 2.90. The summed E-state index contributed by atoms with van der Waals surface area (Å²) in [6, 6.07) is 7.60. The van der Waals surface area contributed by atoms with E-state index in [-0.39, 0.29) is 5.78 Å². The Morgan fingerprint density at radius 1 is 1.33 bits per heavy atom. The molecule has 1 heterocycles. The molecule has 0 saturated carbocycles. The molecule has 0 unspecified atom stereocenters. The van der Waals surface area contributed by atoms with Crippen LogP contribution in [-0.4, -0.2) is 10.8 Å². The van der Waals surface area contributed by atoms with E-state index in [1.54, 1.807) is 24.3 Å². The normalized spacial score (nSPS) is 10.2. The van der Waals surface area contributed by atoms with Crippen molar-refractivity contribution in [3.8, 4) is 11.6 Å². The summed E-state index contributed by atoms with van der Waals surface area (Å²) in [5.41, 5.74) is 0.504. The fourth-order valence-corrected chi connectivity index (χ4v) is 1.56. The molecule has 5 heteroatoms. The number of carbonyl (C=O) groups is 1. The van der Waals surface area contributed by atoms with Crippen LogP contribution < -0.4 is 4.74 Å². The Hall–Kier alpha value is -1.75. The van der Waals surface area contributed by atoms with Gasteiger partial charge in [-0.25, -0.2) is 9.37 Å². The molecule has 0 N–H and O–H groups in total. The predicted octanol–water partition coefficient (Wildman–Crippen LogP) is 3.98. The number of Topliss-reactive ketones (excluding diaryl/α,β-unsaturated/α-hetero) is 1. The zero-order valence-electron chi connectivity index (χ0n) is 9.48. The molecule has 1 aromatic carbocycles. The van der Waals surface area contributed by atoms with Crippen molar-refractivity contribution in [2.75, 3.05) is 0 Å². The Balaban J connectivity index is 2.18. The minimum Gasteiger partial charge on any atom is -0.439 e. The molecule has 2 aromatic rings. The molecular weight excluding hydrogens is 301 g/mol. The number of ether oxygens (including phenoxy) is 1. The second kappa shape index (κ2) is 5.27. The summed E-state index contributed by atoms with van der Waals surface area (Å²) in [4.78, 5) is 15.0. The number of hydrogen-bond acceptors (Lipinski definition) is 3. The average molecular weight is 310 g/mol. The van der Waals surface area contributed by atoms with Gasteiger partial charge >= 0.3 is 0 Å². The van der Waals surface area contributed by atoms with E-state index in [1.165, 1.54) is 19.2 Å². The van der Waals surface area contributed by atoms with Crippen LogP contribution >= 0.6 is 15.9 Å². The molecule has 0 aliphatic heterocycles. The lowest BCUT2D eigenvalue weighted by atomic mass is 10.2. The smallest absolute Gasteiger partial charge is 0.219 e. The number of ketones is 1. The lowest BCUT2D eigenvalue weighted by Crippen LogP contribution is -1.94. The van der Waals surface area contributed by atoms with Crippen LogP contribution in [0.5, 0.6) is 11.6 Å². The van der Waals surface area contributed by atoms with Crippen LogP contribution in [0.25, 0.3) is 0 Å². The SMILES string of the molecule is CC(=O)c1ccc(Oc2ccc(Br)c(F)c2)nc1. The van der Waals surface area contributed by atoms with Crippen molar-refractivity contribution < 1.29 is 13.9 Å². The van der Waals surface area contributed by atoms with Gasteiger partial charge in [-0.2, -0.15) is 0 Å². The first-order valence-electron chi connectivity index (χ1n) is 5.16. The highest BCUT2D eigenvalue weighted by molar-refractivity contribution is 9.10. The monoisotopic (exact) mass is 309 g/mol. The van der Waals surface area contributed by atoms with Crippen molar-refractivity contribution in [3.05, 3.63) is 52.4 Å². The zero-order chi connectivity index (χ0) is 13.1. The summed E-state index contributed by atoms with van der Waals surface area (Å²) in [6.07, 6.45) is 1.42. The van der Waals surface area contributed by atoms with Crippen molar-refractivity contribution >= 4 is 21.7 Å². The van der Waals surface area contributed by atoms with E-state index in [0.29, 0.717) is 21.7 Å². The molecule has 0 radical (unpaired) electrons. The summed E-state index contributed by atoms with van der Waals surface area (Å²) in [5, 5.41) is 0. The summed E-state index contributed by atoms with van der Waals surface area (Å²) in [7, 11) is 0. The van der Waals surface area contributed by atoms with Crippen LogP contribution in [0, 0.1) is 5.82 Å². The molecule has 0 fully saturated rings. The summed E-state index contributed by atoms with van der Waals surface area (Å²) in [5.74, 6) is 0.178. The summed E-state index contributed by atoms with van der Waals surface area (Å²) >= 11 is 3.06. The van der Waals surface area contributed by atoms with E-state index in [1.807, 2.05) is 0 Å².